The molecule has 4 heteroatoms. The van der Waals surface area contributed by atoms with Crippen molar-refractivity contribution in [2.75, 3.05) is 27.2 Å². The standard InChI is InChI=1S/C9H18N2O2/c1-11(9(12)13-2)8-4-3-6-10-7-5-8/h8,10H,3-7H2,1-2H3. The lowest BCUT2D eigenvalue weighted by atomic mass is 10.1. The van der Waals surface area contributed by atoms with Crippen molar-refractivity contribution in [3.63, 3.8) is 0 Å². The van der Waals surface area contributed by atoms with Crippen LogP contribution in [0.2, 0.25) is 0 Å². The number of nitrogens with zero attached hydrogens (tertiary/aromatic N) is 1. The summed E-state index contributed by atoms with van der Waals surface area (Å²) in [6.07, 6.45) is 2.99. The van der Waals surface area contributed by atoms with Crippen LogP contribution in [0.5, 0.6) is 0 Å². The van der Waals surface area contributed by atoms with E-state index in [-0.39, 0.29) is 6.09 Å². The molecule has 0 bridgehead atoms. The molecule has 0 aromatic carbocycles. The highest BCUT2D eigenvalue weighted by Crippen LogP contribution is 2.12. The lowest BCUT2D eigenvalue weighted by Crippen LogP contribution is -2.37. The molecule has 0 aromatic heterocycles. The molecular formula is C9H18N2O2. The van der Waals surface area contributed by atoms with Gasteiger partial charge in [-0.3, -0.25) is 0 Å². The quantitative estimate of drug-likeness (QED) is 0.659. The Balaban J connectivity index is 2.43. The van der Waals surface area contributed by atoms with Crippen molar-refractivity contribution in [2.45, 2.75) is 25.3 Å². The van der Waals surface area contributed by atoms with Gasteiger partial charge >= 0.3 is 6.09 Å². The van der Waals surface area contributed by atoms with Crippen LogP contribution in [0.4, 0.5) is 4.79 Å². The molecule has 1 rings (SSSR count). The van der Waals surface area contributed by atoms with E-state index < -0.39 is 0 Å². The van der Waals surface area contributed by atoms with E-state index in [0.29, 0.717) is 6.04 Å². The maximum atomic E-state index is 11.2. The molecule has 1 heterocycles. The van der Waals surface area contributed by atoms with Gasteiger partial charge in [-0.15, -0.1) is 0 Å². The van der Waals surface area contributed by atoms with Crippen molar-refractivity contribution in [3.8, 4) is 0 Å². The molecule has 1 aliphatic heterocycles. The summed E-state index contributed by atoms with van der Waals surface area (Å²) in [5.74, 6) is 0. The zero-order valence-electron chi connectivity index (χ0n) is 8.38. The summed E-state index contributed by atoms with van der Waals surface area (Å²) in [7, 11) is 3.23. The number of carbonyl (C=O) groups is 1. The molecule has 76 valence electrons. The molecule has 0 radical (unpaired) electrons. The fourth-order valence-electron chi connectivity index (χ4n) is 1.68. The van der Waals surface area contributed by atoms with Gasteiger partial charge in [0.1, 0.15) is 0 Å². The van der Waals surface area contributed by atoms with Crippen molar-refractivity contribution in [1.82, 2.24) is 10.2 Å². The Bertz CT molecular complexity index is 165. The van der Waals surface area contributed by atoms with E-state index >= 15 is 0 Å². The van der Waals surface area contributed by atoms with Gasteiger partial charge in [0, 0.05) is 13.1 Å². The highest BCUT2D eigenvalue weighted by Gasteiger charge is 2.20. The van der Waals surface area contributed by atoms with Crippen LogP contribution < -0.4 is 5.32 Å². The molecule has 1 fully saturated rings. The molecule has 0 saturated carbocycles. The van der Waals surface area contributed by atoms with Crippen LogP contribution in [-0.4, -0.2) is 44.3 Å². The van der Waals surface area contributed by atoms with E-state index in [0.717, 1.165) is 32.4 Å². The van der Waals surface area contributed by atoms with Crippen LogP contribution in [0, 0.1) is 0 Å². The zero-order chi connectivity index (χ0) is 9.68. The number of carbonyl (C=O) groups excluding carboxylic acids is 1. The minimum absolute atomic E-state index is 0.230. The van der Waals surface area contributed by atoms with Gasteiger partial charge in [0.05, 0.1) is 7.11 Å². The minimum atomic E-state index is -0.230. The summed E-state index contributed by atoms with van der Waals surface area (Å²) in [5.41, 5.74) is 0. The Morgan fingerprint density at radius 3 is 2.92 bits per heavy atom. The highest BCUT2D eigenvalue weighted by molar-refractivity contribution is 5.67. The van der Waals surface area contributed by atoms with Gasteiger partial charge in [-0.25, -0.2) is 4.79 Å². The zero-order valence-corrected chi connectivity index (χ0v) is 8.38. The second-order valence-electron chi connectivity index (χ2n) is 3.42. The molecule has 1 N–H and O–H groups in total. The van der Waals surface area contributed by atoms with Crippen molar-refractivity contribution in [3.05, 3.63) is 0 Å². The molecule has 4 nitrogen and oxygen atoms in total. The maximum Gasteiger partial charge on any atom is 0.409 e. The number of ether oxygens (including phenoxy) is 1. The third kappa shape index (κ3) is 2.88. The average Bonchev–Trinajstić information content (AvgIpc) is 2.43. The Morgan fingerprint density at radius 2 is 2.23 bits per heavy atom. The lowest BCUT2D eigenvalue weighted by molar-refractivity contribution is 0.114. The second kappa shape index (κ2) is 5.07. The molecule has 1 unspecified atom stereocenters. The lowest BCUT2D eigenvalue weighted by Gasteiger charge is -2.25. The average molecular weight is 186 g/mol. The van der Waals surface area contributed by atoms with Gasteiger partial charge in [-0.1, -0.05) is 0 Å². The largest absolute Gasteiger partial charge is 0.453 e. The SMILES string of the molecule is COC(=O)N(C)C1CCCNCC1. The first-order chi connectivity index (χ1) is 6.25. The number of hydrogen-bond acceptors (Lipinski definition) is 3. The number of methoxy groups -OCH3 is 1. The molecule has 1 atom stereocenters. The number of hydrogen-bond donors (Lipinski definition) is 1. The molecule has 1 aliphatic rings. The van der Waals surface area contributed by atoms with Gasteiger partial charge < -0.3 is 15.0 Å². The van der Waals surface area contributed by atoms with E-state index in [1.807, 2.05) is 7.05 Å². The summed E-state index contributed by atoms with van der Waals surface area (Å²) >= 11 is 0. The van der Waals surface area contributed by atoms with Crippen LogP contribution in [0.3, 0.4) is 0 Å². The first-order valence-electron chi connectivity index (χ1n) is 4.77. The Labute approximate surface area is 79.2 Å². The smallest absolute Gasteiger partial charge is 0.409 e. The van der Waals surface area contributed by atoms with E-state index in [1.165, 1.54) is 7.11 Å². The first-order valence-corrected chi connectivity index (χ1v) is 4.77. The second-order valence-corrected chi connectivity index (χ2v) is 3.42. The van der Waals surface area contributed by atoms with E-state index in [4.69, 9.17) is 0 Å². The van der Waals surface area contributed by atoms with Crippen LogP contribution in [0.15, 0.2) is 0 Å². The van der Waals surface area contributed by atoms with E-state index in [1.54, 1.807) is 4.90 Å². The van der Waals surface area contributed by atoms with Crippen molar-refractivity contribution >= 4 is 6.09 Å². The molecule has 1 amide bonds. The van der Waals surface area contributed by atoms with Gasteiger partial charge in [-0.2, -0.15) is 0 Å². The van der Waals surface area contributed by atoms with Gasteiger partial charge in [-0.05, 0) is 32.4 Å². The van der Waals surface area contributed by atoms with Crippen LogP contribution in [0.1, 0.15) is 19.3 Å². The summed E-state index contributed by atoms with van der Waals surface area (Å²) in [6, 6.07) is 0.336. The molecule has 0 aliphatic carbocycles. The van der Waals surface area contributed by atoms with E-state index in [2.05, 4.69) is 10.1 Å². The molecule has 0 spiro atoms. The highest BCUT2D eigenvalue weighted by atomic mass is 16.5. The number of nitrogens with one attached hydrogen (secondary N) is 1. The fraction of sp³-hybridized carbons (Fsp3) is 0.889. The van der Waals surface area contributed by atoms with Gasteiger partial charge in [0.25, 0.3) is 0 Å². The topological polar surface area (TPSA) is 41.6 Å². The van der Waals surface area contributed by atoms with Crippen LogP contribution in [-0.2, 0) is 4.74 Å². The normalized spacial score (nSPS) is 23.4. The number of rotatable bonds is 1. The van der Waals surface area contributed by atoms with Crippen LogP contribution in [0.25, 0.3) is 0 Å². The Morgan fingerprint density at radius 1 is 1.46 bits per heavy atom. The van der Waals surface area contributed by atoms with E-state index in [9.17, 15) is 4.79 Å². The molecular weight excluding hydrogens is 168 g/mol. The molecule has 13 heavy (non-hydrogen) atoms. The summed E-state index contributed by atoms with van der Waals surface area (Å²) in [6.45, 7) is 2.05. The summed E-state index contributed by atoms with van der Waals surface area (Å²) < 4.78 is 4.67. The van der Waals surface area contributed by atoms with Crippen molar-refractivity contribution < 1.29 is 9.53 Å². The van der Waals surface area contributed by atoms with Crippen LogP contribution >= 0.6 is 0 Å². The molecule has 0 aromatic rings. The van der Waals surface area contributed by atoms with Crippen molar-refractivity contribution in [2.24, 2.45) is 0 Å². The van der Waals surface area contributed by atoms with Crippen molar-refractivity contribution in [1.29, 1.82) is 0 Å². The third-order valence-corrected chi connectivity index (χ3v) is 2.56. The van der Waals surface area contributed by atoms with Gasteiger partial charge in [0.2, 0.25) is 0 Å². The predicted molar refractivity (Wildman–Crippen MR) is 50.7 cm³/mol. The number of amides is 1. The Kier molecular flexibility index (Phi) is 4.02. The third-order valence-electron chi connectivity index (χ3n) is 2.56. The molecule has 1 saturated heterocycles. The predicted octanol–water partition coefficient (Wildman–Crippen LogP) is 0.827. The minimum Gasteiger partial charge on any atom is -0.453 e. The monoisotopic (exact) mass is 186 g/mol. The first kappa shape index (κ1) is 10.3. The summed E-state index contributed by atoms with van der Waals surface area (Å²) in [5, 5.41) is 3.31. The van der Waals surface area contributed by atoms with Gasteiger partial charge in [0.15, 0.2) is 0 Å². The Hall–Kier alpha value is -0.770. The summed E-state index contributed by atoms with van der Waals surface area (Å²) in [4.78, 5) is 12.9. The fourth-order valence-corrected chi connectivity index (χ4v) is 1.68. The maximum absolute atomic E-state index is 11.2.